The Hall–Kier alpha value is 0.220. The molecule has 0 aromatic heterocycles. The van der Waals surface area contributed by atoms with E-state index in [1.807, 2.05) is 11.8 Å². The molecule has 0 radical (unpaired) electrons. The maximum Gasteiger partial charge on any atom is 0.211 e. The third kappa shape index (κ3) is 7.28. The Morgan fingerprint density at radius 3 is 2.76 bits per heavy atom. The molecule has 1 atom stereocenters. The summed E-state index contributed by atoms with van der Waals surface area (Å²) in [6, 6.07) is 0.417. The van der Waals surface area contributed by atoms with Crippen LogP contribution in [-0.4, -0.2) is 44.3 Å². The van der Waals surface area contributed by atoms with Crippen LogP contribution in [0.5, 0.6) is 0 Å². The molecule has 0 saturated carbocycles. The molecule has 1 aliphatic heterocycles. The number of hydrogen-bond donors (Lipinski definition) is 2. The summed E-state index contributed by atoms with van der Waals surface area (Å²) in [5, 5.41) is 3.70. The number of nitrogens with one attached hydrogen (secondary N) is 2. The molecule has 1 heterocycles. The molecule has 0 spiro atoms. The topological polar surface area (TPSA) is 58.2 Å². The molecule has 1 fully saturated rings. The van der Waals surface area contributed by atoms with Crippen molar-refractivity contribution in [1.29, 1.82) is 0 Å². The highest BCUT2D eigenvalue weighted by Gasteiger charge is 2.18. The van der Waals surface area contributed by atoms with E-state index in [1.165, 1.54) is 12.2 Å². The Morgan fingerprint density at radius 1 is 1.41 bits per heavy atom. The van der Waals surface area contributed by atoms with Gasteiger partial charge in [0.25, 0.3) is 0 Å². The first-order valence-electron chi connectivity index (χ1n) is 6.32. The molecule has 4 nitrogen and oxygen atoms in total. The van der Waals surface area contributed by atoms with Gasteiger partial charge in [-0.15, -0.1) is 0 Å². The highest BCUT2D eigenvalue weighted by Crippen LogP contribution is 2.25. The summed E-state index contributed by atoms with van der Waals surface area (Å²) in [6.45, 7) is 5.48. The number of thioether (sulfide) groups is 1. The molecule has 1 unspecified atom stereocenters. The Kier molecular flexibility index (Phi) is 6.84. The summed E-state index contributed by atoms with van der Waals surface area (Å²) < 4.78 is 26.1. The monoisotopic (exact) mass is 280 g/mol. The second-order valence-corrected chi connectivity index (χ2v) is 8.10. The zero-order valence-electron chi connectivity index (χ0n) is 10.7. The van der Waals surface area contributed by atoms with E-state index in [9.17, 15) is 8.42 Å². The van der Waals surface area contributed by atoms with Crippen LogP contribution in [0.15, 0.2) is 0 Å². The van der Waals surface area contributed by atoms with Crippen molar-refractivity contribution in [3.05, 3.63) is 0 Å². The van der Waals surface area contributed by atoms with Crippen LogP contribution < -0.4 is 10.0 Å². The van der Waals surface area contributed by atoms with Gasteiger partial charge in [-0.1, -0.05) is 13.8 Å². The van der Waals surface area contributed by atoms with Gasteiger partial charge in [-0.25, -0.2) is 13.1 Å². The first kappa shape index (κ1) is 15.3. The van der Waals surface area contributed by atoms with Gasteiger partial charge in [0.05, 0.1) is 5.75 Å². The fraction of sp³-hybridized carbons (Fsp3) is 1.00. The summed E-state index contributed by atoms with van der Waals surface area (Å²) >= 11 is 1.88. The maximum atomic E-state index is 11.7. The van der Waals surface area contributed by atoms with Crippen molar-refractivity contribution in [2.75, 3.05) is 24.6 Å². The highest BCUT2D eigenvalue weighted by atomic mass is 32.2. The van der Waals surface area contributed by atoms with Crippen molar-refractivity contribution < 1.29 is 8.42 Å². The molecule has 6 heteroatoms. The van der Waals surface area contributed by atoms with Crippen LogP contribution in [0.2, 0.25) is 0 Å². The minimum absolute atomic E-state index is 0.226. The minimum atomic E-state index is -3.07. The van der Waals surface area contributed by atoms with E-state index in [2.05, 4.69) is 23.9 Å². The van der Waals surface area contributed by atoms with E-state index < -0.39 is 10.0 Å². The minimum Gasteiger partial charge on any atom is -0.314 e. The second-order valence-electron chi connectivity index (χ2n) is 4.76. The molecular weight excluding hydrogens is 256 g/mol. The third-order valence-electron chi connectivity index (χ3n) is 2.70. The van der Waals surface area contributed by atoms with E-state index in [1.54, 1.807) is 0 Å². The van der Waals surface area contributed by atoms with Gasteiger partial charge in [0, 0.05) is 17.8 Å². The van der Waals surface area contributed by atoms with Gasteiger partial charge in [0.15, 0.2) is 0 Å². The predicted octanol–water partition coefficient (Wildman–Crippen LogP) is 1.19. The molecule has 0 amide bonds. The smallest absolute Gasteiger partial charge is 0.211 e. The zero-order valence-corrected chi connectivity index (χ0v) is 12.4. The lowest BCUT2D eigenvalue weighted by molar-refractivity contribution is 0.559. The van der Waals surface area contributed by atoms with Gasteiger partial charge >= 0.3 is 0 Å². The quantitative estimate of drug-likeness (QED) is 0.656. The second kappa shape index (κ2) is 7.61. The molecule has 1 aliphatic rings. The largest absolute Gasteiger partial charge is 0.314 e. The summed E-state index contributed by atoms with van der Waals surface area (Å²) in [6.07, 6.45) is 3.03. The highest BCUT2D eigenvalue weighted by molar-refractivity contribution is 8.00. The summed E-state index contributed by atoms with van der Waals surface area (Å²) in [4.78, 5) is 0. The van der Waals surface area contributed by atoms with Gasteiger partial charge in [0.2, 0.25) is 10.0 Å². The molecule has 0 aromatic rings. The van der Waals surface area contributed by atoms with E-state index in [0.717, 1.165) is 13.0 Å². The molecule has 1 rings (SSSR count). The van der Waals surface area contributed by atoms with Crippen molar-refractivity contribution in [2.24, 2.45) is 0 Å². The van der Waals surface area contributed by atoms with Crippen LogP contribution in [0.4, 0.5) is 0 Å². The molecule has 1 saturated heterocycles. The number of hydrogen-bond acceptors (Lipinski definition) is 4. The SMILES string of the molecule is CC(C)NCCCS(=O)(=O)NCC1CCCS1. The van der Waals surface area contributed by atoms with Gasteiger partial charge in [0.1, 0.15) is 0 Å². The van der Waals surface area contributed by atoms with Crippen LogP contribution in [0, 0.1) is 0 Å². The lowest BCUT2D eigenvalue weighted by atomic mass is 10.2. The van der Waals surface area contributed by atoms with Crippen LogP contribution in [-0.2, 0) is 10.0 Å². The fourth-order valence-electron chi connectivity index (χ4n) is 1.75. The van der Waals surface area contributed by atoms with E-state index in [-0.39, 0.29) is 5.75 Å². The average molecular weight is 280 g/mol. The molecular formula is C11H24N2O2S2. The van der Waals surface area contributed by atoms with E-state index in [0.29, 0.717) is 24.3 Å². The van der Waals surface area contributed by atoms with Crippen molar-refractivity contribution in [2.45, 2.75) is 44.4 Å². The summed E-state index contributed by atoms with van der Waals surface area (Å²) in [5.74, 6) is 1.40. The van der Waals surface area contributed by atoms with Crippen LogP contribution in [0.3, 0.4) is 0 Å². The first-order valence-corrected chi connectivity index (χ1v) is 9.02. The lowest BCUT2D eigenvalue weighted by Crippen LogP contribution is -2.33. The Morgan fingerprint density at radius 2 is 2.18 bits per heavy atom. The van der Waals surface area contributed by atoms with Gasteiger partial charge in [-0.3, -0.25) is 0 Å². The van der Waals surface area contributed by atoms with Crippen molar-refractivity contribution in [3.63, 3.8) is 0 Å². The summed E-state index contributed by atoms with van der Waals surface area (Å²) in [5.41, 5.74) is 0. The van der Waals surface area contributed by atoms with Crippen molar-refractivity contribution >= 4 is 21.8 Å². The Balaban J connectivity index is 2.12. The maximum absolute atomic E-state index is 11.7. The standard InChI is InChI=1S/C11H24N2O2S2/c1-10(2)12-6-4-8-17(14,15)13-9-11-5-3-7-16-11/h10-13H,3-9H2,1-2H3. The lowest BCUT2D eigenvalue weighted by Gasteiger charge is -2.11. The Labute approximate surface area is 109 Å². The van der Waals surface area contributed by atoms with Crippen molar-refractivity contribution in [3.8, 4) is 0 Å². The van der Waals surface area contributed by atoms with E-state index >= 15 is 0 Å². The van der Waals surface area contributed by atoms with Gasteiger partial charge < -0.3 is 5.32 Å². The van der Waals surface area contributed by atoms with Crippen molar-refractivity contribution in [1.82, 2.24) is 10.0 Å². The molecule has 17 heavy (non-hydrogen) atoms. The van der Waals surface area contributed by atoms with E-state index in [4.69, 9.17) is 0 Å². The molecule has 0 bridgehead atoms. The number of rotatable bonds is 8. The first-order chi connectivity index (χ1) is 7.99. The Bertz CT molecular complexity index is 299. The molecule has 2 N–H and O–H groups in total. The predicted molar refractivity (Wildman–Crippen MR) is 75.0 cm³/mol. The average Bonchev–Trinajstić information content (AvgIpc) is 2.74. The van der Waals surface area contributed by atoms with Crippen LogP contribution in [0.1, 0.15) is 33.1 Å². The molecule has 102 valence electrons. The van der Waals surface area contributed by atoms with Crippen LogP contribution >= 0.6 is 11.8 Å². The molecule has 0 aromatic carbocycles. The molecule has 0 aliphatic carbocycles. The third-order valence-corrected chi connectivity index (χ3v) is 5.53. The van der Waals surface area contributed by atoms with Gasteiger partial charge in [-0.2, -0.15) is 11.8 Å². The summed E-state index contributed by atoms with van der Waals surface area (Å²) in [7, 11) is -3.07. The fourth-order valence-corrected chi connectivity index (χ4v) is 4.18. The number of sulfonamides is 1. The van der Waals surface area contributed by atoms with Crippen LogP contribution in [0.25, 0.3) is 0 Å². The van der Waals surface area contributed by atoms with Gasteiger partial charge in [-0.05, 0) is 31.6 Å². The normalized spacial score (nSPS) is 21.2. The zero-order chi connectivity index (χ0) is 12.7.